The summed E-state index contributed by atoms with van der Waals surface area (Å²) >= 11 is 5.86. The lowest BCUT2D eigenvalue weighted by molar-refractivity contribution is -0.119. The van der Waals surface area contributed by atoms with Crippen LogP contribution in [0.15, 0.2) is 23.0 Å². The summed E-state index contributed by atoms with van der Waals surface area (Å²) < 4.78 is 0. The van der Waals surface area contributed by atoms with Crippen LogP contribution in [0.2, 0.25) is 5.02 Å². The lowest BCUT2D eigenvalue weighted by atomic mass is 10.0. The van der Waals surface area contributed by atoms with Crippen molar-refractivity contribution in [2.45, 2.75) is 25.7 Å². The van der Waals surface area contributed by atoms with E-state index >= 15 is 0 Å². The van der Waals surface area contributed by atoms with Crippen LogP contribution < -0.4 is 5.56 Å². The topological polar surface area (TPSA) is 86.6 Å². The molecule has 0 radical (unpaired) electrons. The van der Waals surface area contributed by atoms with Gasteiger partial charge in [-0.05, 0) is 24.6 Å². The zero-order chi connectivity index (χ0) is 14.7. The second kappa shape index (κ2) is 5.85. The minimum Gasteiger partial charge on any atom is -0.308 e. The summed E-state index contributed by atoms with van der Waals surface area (Å²) in [6.07, 6.45) is 0.913. The Bertz CT molecular complexity index is 761. The number of H-pyrrole nitrogens is 1. The van der Waals surface area contributed by atoms with Crippen LogP contribution in [0.5, 0.6) is 0 Å². The summed E-state index contributed by atoms with van der Waals surface area (Å²) in [6.45, 7) is 1.85. The van der Waals surface area contributed by atoms with Gasteiger partial charge in [-0.3, -0.25) is 9.59 Å². The lowest BCUT2D eigenvalue weighted by Crippen LogP contribution is -2.19. The third kappa shape index (κ3) is 2.70. The van der Waals surface area contributed by atoms with Crippen LogP contribution in [0.4, 0.5) is 0 Å². The van der Waals surface area contributed by atoms with Gasteiger partial charge in [0, 0.05) is 11.4 Å². The molecule has 0 aliphatic heterocycles. The Kier molecular flexibility index (Phi) is 4.16. The molecule has 0 saturated carbocycles. The maximum atomic E-state index is 12.0. The Labute approximate surface area is 120 Å². The third-order valence-electron chi connectivity index (χ3n) is 2.91. The van der Waals surface area contributed by atoms with Crippen molar-refractivity contribution in [1.29, 1.82) is 5.26 Å². The van der Waals surface area contributed by atoms with Crippen molar-refractivity contribution < 1.29 is 4.79 Å². The molecule has 2 aromatic rings. The smallest absolute Gasteiger partial charge is 0.258 e. The van der Waals surface area contributed by atoms with E-state index in [1.165, 1.54) is 6.07 Å². The number of nitrogens with zero attached hydrogens (tertiary/aromatic N) is 2. The summed E-state index contributed by atoms with van der Waals surface area (Å²) in [4.78, 5) is 30.5. The van der Waals surface area contributed by atoms with Gasteiger partial charge >= 0.3 is 0 Å². The van der Waals surface area contributed by atoms with Gasteiger partial charge in [0.1, 0.15) is 5.82 Å². The molecule has 0 fully saturated rings. The molecular formula is C14H12ClN3O2. The number of aromatic amines is 1. The van der Waals surface area contributed by atoms with Crippen LogP contribution in [0, 0.1) is 11.3 Å². The molecule has 1 N–H and O–H groups in total. The van der Waals surface area contributed by atoms with Crippen molar-refractivity contribution >= 4 is 28.3 Å². The molecular weight excluding hydrogens is 278 g/mol. The Morgan fingerprint density at radius 1 is 1.55 bits per heavy atom. The summed E-state index contributed by atoms with van der Waals surface area (Å²) in [5.41, 5.74) is -0.00739. The van der Waals surface area contributed by atoms with E-state index in [1.54, 1.807) is 12.1 Å². The van der Waals surface area contributed by atoms with Gasteiger partial charge in [0.25, 0.3) is 5.56 Å². The maximum Gasteiger partial charge on any atom is 0.258 e. The maximum absolute atomic E-state index is 12.0. The molecule has 0 unspecified atom stereocenters. The molecule has 0 saturated heterocycles. The normalized spacial score (nSPS) is 12.1. The highest BCUT2D eigenvalue weighted by atomic mass is 35.5. The fraction of sp³-hybridized carbons (Fsp3) is 0.286. The number of rotatable bonds is 4. The fourth-order valence-corrected chi connectivity index (χ4v) is 2.11. The number of nitriles is 1. The van der Waals surface area contributed by atoms with Gasteiger partial charge < -0.3 is 4.98 Å². The number of carbonyl (C=O) groups is 1. The van der Waals surface area contributed by atoms with Crippen LogP contribution in [0.25, 0.3) is 10.9 Å². The number of fused-ring (bicyclic) bond motifs is 1. The highest BCUT2D eigenvalue weighted by molar-refractivity contribution is 6.31. The lowest BCUT2D eigenvalue weighted by Gasteiger charge is -2.08. The molecule has 102 valence electrons. The van der Waals surface area contributed by atoms with Gasteiger partial charge in [0.05, 0.1) is 17.0 Å². The van der Waals surface area contributed by atoms with E-state index in [9.17, 15) is 9.59 Å². The zero-order valence-corrected chi connectivity index (χ0v) is 11.6. The Morgan fingerprint density at radius 2 is 2.30 bits per heavy atom. The monoisotopic (exact) mass is 289 g/mol. The average molecular weight is 290 g/mol. The molecule has 0 aliphatic carbocycles. The molecule has 6 heteroatoms. The predicted octanol–water partition coefficient (Wildman–Crippen LogP) is 2.55. The number of aromatic nitrogens is 2. The number of Topliss-reactive ketones (excluding diaryl/α,β-unsaturated/α-hetero) is 1. The second-order valence-electron chi connectivity index (χ2n) is 4.39. The second-order valence-corrected chi connectivity index (χ2v) is 4.83. The van der Waals surface area contributed by atoms with Gasteiger partial charge in [0.2, 0.25) is 0 Å². The standard InChI is InChI=1S/C14H12ClN3O2/c1-2-3-12(19)10(7-16)13-17-11-6-8(15)4-5-9(11)14(20)18-13/h4-6,10H,2-3H2,1H3,(H,17,18,20)/t10-/m0/s1. The highest BCUT2D eigenvalue weighted by Crippen LogP contribution is 2.18. The first-order valence-electron chi connectivity index (χ1n) is 6.18. The Balaban J connectivity index is 2.57. The highest BCUT2D eigenvalue weighted by Gasteiger charge is 2.22. The fourth-order valence-electron chi connectivity index (χ4n) is 1.94. The molecule has 0 spiro atoms. The molecule has 0 amide bonds. The van der Waals surface area contributed by atoms with Crippen molar-refractivity contribution in [3.8, 4) is 6.07 Å². The Morgan fingerprint density at radius 3 is 2.95 bits per heavy atom. The molecule has 1 aromatic carbocycles. The number of nitrogens with one attached hydrogen (secondary N) is 1. The first-order chi connectivity index (χ1) is 9.56. The van der Waals surface area contributed by atoms with Crippen LogP contribution >= 0.6 is 11.6 Å². The summed E-state index contributed by atoms with van der Waals surface area (Å²) in [6, 6.07) is 6.58. The van der Waals surface area contributed by atoms with Gasteiger partial charge in [-0.1, -0.05) is 18.5 Å². The van der Waals surface area contributed by atoms with E-state index in [1.807, 2.05) is 13.0 Å². The first-order valence-corrected chi connectivity index (χ1v) is 6.56. The average Bonchev–Trinajstić information content (AvgIpc) is 2.39. The largest absolute Gasteiger partial charge is 0.308 e. The van der Waals surface area contributed by atoms with Gasteiger partial charge in [-0.25, -0.2) is 4.98 Å². The summed E-state index contributed by atoms with van der Waals surface area (Å²) in [5, 5.41) is 9.95. The Hall–Kier alpha value is -2.19. The van der Waals surface area contributed by atoms with E-state index in [2.05, 4.69) is 9.97 Å². The van der Waals surface area contributed by atoms with Gasteiger partial charge in [-0.2, -0.15) is 5.26 Å². The molecule has 2 rings (SSSR count). The quantitative estimate of drug-likeness (QED) is 0.937. The van der Waals surface area contributed by atoms with E-state index in [0.29, 0.717) is 22.3 Å². The van der Waals surface area contributed by atoms with Crippen LogP contribution in [-0.4, -0.2) is 15.8 Å². The summed E-state index contributed by atoms with van der Waals surface area (Å²) in [5.74, 6) is -1.23. The zero-order valence-electron chi connectivity index (χ0n) is 10.8. The number of hydrogen-bond donors (Lipinski definition) is 1. The van der Waals surface area contributed by atoms with E-state index in [0.717, 1.165) is 0 Å². The molecule has 1 atom stereocenters. The minimum absolute atomic E-state index is 0.0747. The van der Waals surface area contributed by atoms with Crippen molar-refractivity contribution in [3.63, 3.8) is 0 Å². The van der Waals surface area contributed by atoms with Gasteiger partial charge in [0.15, 0.2) is 11.7 Å². The van der Waals surface area contributed by atoms with Crippen molar-refractivity contribution in [3.05, 3.63) is 39.4 Å². The number of halogens is 1. The van der Waals surface area contributed by atoms with Crippen molar-refractivity contribution in [2.24, 2.45) is 0 Å². The minimum atomic E-state index is -1.05. The van der Waals surface area contributed by atoms with Crippen LogP contribution in [-0.2, 0) is 4.79 Å². The number of benzene rings is 1. The number of carbonyl (C=O) groups excluding carboxylic acids is 1. The third-order valence-corrected chi connectivity index (χ3v) is 3.14. The van der Waals surface area contributed by atoms with Crippen molar-refractivity contribution in [2.75, 3.05) is 0 Å². The molecule has 20 heavy (non-hydrogen) atoms. The molecule has 0 aliphatic rings. The van der Waals surface area contributed by atoms with Crippen molar-refractivity contribution in [1.82, 2.24) is 9.97 Å². The molecule has 1 heterocycles. The number of ketones is 1. The van der Waals surface area contributed by atoms with Crippen LogP contribution in [0.3, 0.4) is 0 Å². The summed E-state index contributed by atoms with van der Waals surface area (Å²) in [7, 11) is 0. The van der Waals surface area contributed by atoms with E-state index in [-0.39, 0.29) is 23.6 Å². The van der Waals surface area contributed by atoms with E-state index in [4.69, 9.17) is 16.9 Å². The predicted molar refractivity (Wildman–Crippen MR) is 75.6 cm³/mol. The van der Waals surface area contributed by atoms with E-state index < -0.39 is 5.92 Å². The molecule has 5 nitrogen and oxygen atoms in total. The number of hydrogen-bond acceptors (Lipinski definition) is 4. The molecule has 0 bridgehead atoms. The van der Waals surface area contributed by atoms with Gasteiger partial charge in [-0.15, -0.1) is 0 Å². The van der Waals surface area contributed by atoms with Crippen LogP contribution in [0.1, 0.15) is 31.5 Å². The first kappa shape index (κ1) is 14.2. The molecule has 1 aromatic heterocycles. The SMILES string of the molecule is CCCC(=O)[C@H](C#N)c1nc2cc(Cl)ccc2c(=O)[nH]1.